The van der Waals surface area contributed by atoms with E-state index in [1.165, 1.54) is 10.7 Å². The summed E-state index contributed by atoms with van der Waals surface area (Å²) >= 11 is 0. The van der Waals surface area contributed by atoms with Crippen molar-refractivity contribution in [2.45, 2.75) is 12.7 Å². The standard InChI is InChI=1S/C20H21N3O4S/c1-14-18(20(25)23(22(14)2)17-10-5-4-6-11-17)21-19(24)16-9-7-8-15(12-16)13-28(3,26)27/h4-12H,13H2,1-3H3,(H,21,24). The molecular weight excluding hydrogens is 378 g/mol. The second-order valence-electron chi connectivity index (χ2n) is 6.66. The van der Waals surface area contributed by atoms with Crippen molar-refractivity contribution in [1.29, 1.82) is 0 Å². The summed E-state index contributed by atoms with van der Waals surface area (Å²) in [7, 11) is -1.47. The van der Waals surface area contributed by atoms with Crippen LogP contribution in [0.3, 0.4) is 0 Å². The van der Waals surface area contributed by atoms with Crippen LogP contribution in [0.5, 0.6) is 0 Å². The number of nitrogens with zero attached hydrogens (tertiary/aromatic N) is 2. The molecule has 0 spiro atoms. The molecule has 3 rings (SSSR count). The first kappa shape index (κ1) is 19.6. The number of benzene rings is 2. The van der Waals surface area contributed by atoms with Gasteiger partial charge in [-0.2, -0.15) is 0 Å². The number of amides is 1. The third-order valence-corrected chi connectivity index (χ3v) is 5.27. The van der Waals surface area contributed by atoms with Crippen molar-refractivity contribution in [1.82, 2.24) is 9.36 Å². The Morgan fingerprint density at radius 1 is 1.07 bits per heavy atom. The Bertz CT molecular complexity index is 1190. The molecule has 3 aromatic rings. The average molecular weight is 399 g/mol. The summed E-state index contributed by atoms with van der Waals surface area (Å²) < 4.78 is 26.1. The minimum atomic E-state index is -3.21. The Morgan fingerprint density at radius 2 is 1.75 bits per heavy atom. The molecule has 7 nitrogen and oxygen atoms in total. The van der Waals surface area contributed by atoms with Gasteiger partial charge >= 0.3 is 0 Å². The van der Waals surface area contributed by atoms with Crippen molar-refractivity contribution in [2.75, 3.05) is 11.6 Å². The number of hydrogen-bond acceptors (Lipinski definition) is 4. The van der Waals surface area contributed by atoms with E-state index < -0.39 is 15.7 Å². The Balaban J connectivity index is 1.94. The SMILES string of the molecule is Cc1c(NC(=O)c2cccc(CS(C)(=O)=O)c2)c(=O)n(-c2ccccc2)n1C. The smallest absolute Gasteiger partial charge is 0.295 e. The highest BCUT2D eigenvalue weighted by molar-refractivity contribution is 7.89. The first-order valence-electron chi connectivity index (χ1n) is 8.59. The minimum absolute atomic E-state index is 0.153. The van der Waals surface area contributed by atoms with Crippen LogP contribution in [-0.2, 0) is 22.6 Å². The zero-order chi connectivity index (χ0) is 20.5. The predicted molar refractivity (Wildman–Crippen MR) is 109 cm³/mol. The largest absolute Gasteiger partial charge is 0.316 e. The highest BCUT2D eigenvalue weighted by atomic mass is 32.2. The summed E-state index contributed by atoms with van der Waals surface area (Å²) in [5.41, 5.74) is 1.94. The maximum atomic E-state index is 12.9. The second kappa shape index (κ2) is 7.47. The monoisotopic (exact) mass is 399 g/mol. The van der Waals surface area contributed by atoms with Crippen molar-refractivity contribution >= 4 is 21.4 Å². The highest BCUT2D eigenvalue weighted by Crippen LogP contribution is 2.16. The van der Waals surface area contributed by atoms with Gasteiger partial charge in [0.25, 0.3) is 11.5 Å². The molecule has 0 atom stereocenters. The summed E-state index contributed by atoms with van der Waals surface area (Å²) in [6.45, 7) is 1.75. The van der Waals surface area contributed by atoms with E-state index in [9.17, 15) is 18.0 Å². The maximum absolute atomic E-state index is 12.9. The van der Waals surface area contributed by atoms with Crippen molar-refractivity contribution < 1.29 is 13.2 Å². The van der Waals surface area contributed by atoms with Crippen molar-refractivity contribution in [3.8, 4) is 5.69 Å². The van der Waals surface area contributed by atoms with Crippen molar-refractivity contribution in [3.63, 3.8) is 0 Å². The number of carbonyl (C=O) groups excluding carboxylic acids is 1. The van der Waals surface area contributed by atoms with Gasteiger partial charge in [0.1, 0.15) is 5.69 Å². The van der Waals surface area contributed by atoms with E-state index in [4.69, 9.17) is 0 Å². The summed E-state index contributed by atoms with van der Waals surface area (Å²) in [6, 6.07) is 15.5. The molecule has 0 aliphatic carbocycles. The third-order valence-electron chi connectivity index (χ3n) is 4.41. The van der Waals surface area contributed by atoms with Gasteiger partial charge < -0.3 is 5.32 Å². The number of aromatic nitrogens is 2. The van der Waals surface area contributed by atoms with Gasteiger partial charge in [-0.05, 0) is 36.8 Å². The molecule has 0 radical (unpaired) electrons. The lowest BCUT2D eigenvalue weighted by atomic mass is 10.1. The molecular formula is C20H21N3O4S. The molecule has 0 unspecified atom stereocenters. The number of sulfone groups is 1. The predicted octanol–water partition coefficient (Wildman–Crippen LogP) is 2.28. The van der Waals surface area contributed by atoms with Gasteiger partial charge in [0.2, 0.25) is 0 Å². The Morgan fingerprint density at radius 3 is 2.39 bits per heavy atom. The highest BCUT2D eigenvalue weighted by Gasteiger charge is 2.19. The zero-order valence-electron chi connectivity index (χ0n) is 15.8. The molecule has 146 valence electrons. The van der Waals surface area contributed by atoms with Gasteiger partial charge in [-0.1, -0.05) is 30.3 Å². The fraction of sp³-hybridized carbons (Fsp3) is 0.200. The van der Waals surface area contributed by atoms with Crippen molar-refractivity contribution in [3.05, 3.63) is 81.8 Å². The molecule has 1 amide bonds. The van der Waals surface area contributed by atoms with Crippen LogP contribution in [0.25, 0.3) is 5.69 Å². The molecule has 8 heteroatoms. The minimum Gasteiger partial charge on any atom is -0.316 e. The van der Waals surface area contributed by atoms with Gasteiger partial charge in [-0.3, -0.25) is 14.3 Å². The fourth-order valence-electron chi connectivity index (χ4n) is 3.00. The number of nitrogens with one attached hydrogen (secondary N) is 1. The van der Waals surface area contributed by atoms with Crippen LogP contribution >= 0.6 is 0 Å². The molecule has 1 aromatic heterocycles. The van der Waals surface area contributed by atoms with E-state index in [0.717, 1.165) is 6.26 Å². The number of rotatable bonds is 5. The number of para-hydroxylation sites is 1. The lowest BCUT2D eigenvalue weighted by Gasteiger charge is -2.07. The topological polar surface area (TPSA) is 90.2 Å². The quantitative estimate of drug-likeness (QED) is 0.713. The van der Waals surface area contributed by atoms with Crippen LogP contribution in [0.2, 0.25) is 0 Å². The van der Waals surface area contributed by atoms with Crippen LogP contribution in [-0.4, -0.2) is 29.9 Å². The molecule has 0 bridgehead atoms. The molecule has 1 heterocycles. The molecule has 0 aliphatic heterocycles. The average Bonchev–Trinajstić information content (AvgIpc) is 2.84. The molecule has 0 fully saturated rings. The normalized spacial score (nSPS) is 11.4. The van der Waals surface area contributed by atoms with Crippen molar-refractivity contribution in [2.24, 2.45) is 7.05 Å². The molecule has 0 saturated carbocycles. The van der Waals surface area contributed by atoms with E-state index in [1.54, 1.807) is 49.0 Å². The lowest BCUT2D eigenvalue weighted by molar-refractivity contribution is 0.102. The van der Waals surface area contributed by atoms with E-state index in [-0.39, 0.29) is 22.6 Å². The Hall–Kier alpha value is -3.13. The number of anilines is 1. The fourth-order valence-corrected chi connectivity index (χ4v) is 3.79. The molecule has 28 heavy (non-hydrogen) atoms. The summed E-state index contributed by atoms with van der Waals surface area (Å²) in [5.74, 6) is -0.624. The van der Waals surface area contributed by atoms with E-state index in [0.29, 0.717) is 16.9 Å². The van der Waals surface area contributed by atoms with Crippen LogP contribution < -0.4 is 10.9 Å². The van der Waals surface area contributed by atoms with E-state index >= 15 is 0 Å². The number of carbonyl (C=O) groups is 1. The molecule has 0 saturated heterocycles. The van der Waals surface area contributed by atoms with Gasteiger partial charge in [-0.15, -0.1) is 0 Å². The van der Waals surface area contributed by atoms with E-state index in [1.807, 2.05) is 18.2 Å². The Labute approximate surface area is 163 Å². The van der Waals surface area contributed by atoms with Crippen LogP contribution in [0.4, 0.5) is 5.69 Å². The van der Waals surface area contributed by atoms with Gasteiger partial charge in [-0.25, -0.2) is 13.1 Å². The van der Waals surface area contributed by atoms with Crippen LogP contribution in [0.1, 0.15) is 21.6 Å². The second-order valence-corrected chi connectivity index (χ2v) is 8.80. The van der Waals surface area contributed by atoms with Gasteiger partial charge in [0.15, 0.2) is 9.84 Å². The summed E-state index contributed by atoms with van der Waals surface area (Å²) in [4.78, 5) is 25.6. The maximum Gasteiger partial charge on any atom is 0.295 e. The summed E-state index contributed by atoms with van der Waals surface area (Å²) in [5, 5.41) is 2.67. The summed E-state index contributed by atoms with van der Waals surface area (Å²) in [6.07, 6.45) is 1.14. The van der Waals surface area contributed by atoms with Gasteiger partial charge in [0.05, 0.1) is 17.1 Å². The van der Waals surface area contributed by atoms with Crippen LogP contribution in [0, 0.1) is 6.92 Å². The Kier molecular flexibility index (Phi) is 5.24. The first-order valence-corrected chi connectivity index (χ1v) is 10.7. The lowest BCUT2D eigenvalue weighted by Crippen LogP contribution is -2.23. The van der Waals surface area contributed by atoms with Crippen LogP contribution in [0.15, 0.2) is 59.4 Å². The number of hydrogen-bond donors (Lipinski definition) is 1. The molecule has 0 aliphatic rings. The zero-order valence-corrected chi connectivity index (χ0v) is 16.7. The molecule has 1 N–H and O–H groups in total. The van der Waals surface area contributed by atoms with E-state index in [2.05, 4.69) is 5.32 Å². The third kappa shape index (κ3) is 4.07. The molecule has 2 aromatic carbocycles. The first-order chi connectivity index (χ1) is 13.2. The van der Waals surface area contributed by atoms with Gasteiger partial charge in [0, 0.05) is 18.9 Å².